The minimum Gasteiger partial charge on any atom is -0.487 e. The fraction of sp³-hybridized carbons (Fsp3) is 0.375. The molecule has 0 aliphatic heterocycles. The zero-order valence-electron chi connectivity index (χ0n) is 13.0. The number of halogens is 6. The van der Waals surface area contributed by atoms with E-state index >= 15 is 0 Å². The minimum atomic E-state index is -5.40. The van der Waals surface area contributed by atoms with Gasteiger partial charge in [0.25, 0.3) is 0 Å². The Morgan fingerprint density at radius 3 is 2.28 bits per heavy atom. The van der Waals surface area contributed by atoms with Gasteiger partial charge in [0, 0.05) is 5.39 Å². The van der Waals surface area contributed by atoms with Gasteiger partial charge in [0.05, 0.1) is 0 Å². The van der Waals surface area contributed by atoms with Crippen molar-refractivity contribution in [1.29, 1.82) is 0 Å². The molecule has 0 saturated heterocycles. The second-order valence-electron chi connectivity index (χ2n) is 5.62. The largest absolute Gasteiger partial charge is 0.487 e. The molecule has 3 nitrogen and oxygen atoms in total. The molecule has 2 atom stereocenters. The van der Waals surface area contributed by atoms with Gasteiger partial charge >= 0.3 is 11.9 Å². The van der Waals surface area contributed by atoms with Gasteiger partial charge in [0.2, 0.25) is 5.79 Å². The molecule has 0 fully saturated rings. The van der Waals surface area contributed by atoms with Crippen molar-refractivity contribution in [3.05, 3.63) is 42.5 Å². The van der Waals surface area contributed by atoms with Gasteiger partial charge in [0.1, 0.15) is 12.4 Å². The number of ether oxygens (including phenoxy) is 1. The zero-order valence-corrected chi connectivity index (χ0v) is 13.0. The maximum atomic E-state index is 14.0. The number of alkyl halides is 5. The molecule has 0 bridgehead atoms. The number of fused-ring (bicyclic) bond motifs is 1. The molecule has 25 heavy (non-hydrogen) atoms. The molecule has 0 radical (unpaired) electrons. The van der Waals surface area contributed by atoms with E-state index in [1.807, 2.05) is 0 Å². The molecular weight excluding hydrogens is 352 g/mol. The average molecular weight is 367 g/mol. The van der Waals surface area contributed by atoms with Crippen molar-refractivity contribution in [2.45, 2.75) is 24.6 Å². The lowest BCUT2D eigenvalue weighted by atomic mass is 10.1. The van der Waals surface area contributed by atoms with Crippen LogP contribution in [0, 0.1) is 0 Å². The van der Waals surface area contributed by atoms with E-state index in [-0.39, 0.29) is 12.7 Å². The second-order valence-corrected chi connectivity index (χ2v) is 5.62. The molecule has 1 N–H and O–H groups in total. The summed E-state index contributed by atoms with van der Waals surface area (Å²) in [6, 6.07) is 5.66. The number of aliphatic hydroxyl groups is 1. The van der Waals surface area contributed by atoms with Crippen LogP contribution >= 0.6 is 0 Å². The van der Waals surface area contributed by atoms with Crippen LogP contribution < -0.4 is 4.74 Å². The summed E-state index contributed by atoms with van der Waals surface area (Å²) < 4.78 is 85.5. The maximum Gasteiger partial charge on any atom is 0.394 e. The first kappa shape index (κ1) is 19.3. The summed E-state index contributed by atoms with van der Waals surface area (Å²) in [6.45, 7) is -3.75. The maximum absolute atomic E-state index is 14.0. The van der Waals surface area contributed by atoms with E-state index in [2.05, 4.69) is 0 Å². The number of benzene rings is 2. The van der Waals surface area contributed by atoms with Crippen LogP contribution in [0.1, 0.15) is 6.92 Å². The summed E-state index contributed by atoms with van der Waals surface area (Å²) in [7, 11) is 0. The lowest BCUT2D eigenvalue weighted by Gasteiger charge is -2.36. The van der Waals surface area contributed by atoms with Gasteiger partial charge in [-0.15, -0.1) is 4.48 Å². The highest BCUT2D eigenvalue weighted by molar-refractivity contribution is 5.88. The van der Waals surface area contributed by atoms with Crippen LogP contribution in [0.5, 0.6) is 5.75 Å². The Morgan fingerprint density at radius 1 is 1.04 bits per heavy atom. The molecule has 2 aromatic carbocycles. The lowest BCUT2D eigenvalue weighted by molar-refractivity contribution is -0.401. The van der Waals surface area contributed by atoms with Crippen molar-refractivity contribution in [1.82, 2.24) is 5.12 Å². The number of hydrogen-bond acceptors (Lipinski definition) is 3. The molecule has 0 aromatic heterocycles. The third-order valence-corrected chi connectivity index (χ3v) is 3.53. The molecule has 2 unspecified atom stereocenters. The van der Waals surface area contributed by atoms with Crippen LogP contribution in [0.25, 0.3) is 10.8 Å². The van der Waals surface area contributed by atoms with Crippen molar-refractivity contribution in [2.24, 2.45) is 0 Å². The molecule has 0 aliphatic rings. The standard InChI is InChI=1S/C16H15F6NO2/c1-14(18,9-17)23(22)16(20,21)15(19,24)10-25-13-8-4-6-11-5-2-3-7-12(11)13/h2-8,24H,9-10H2,1H3. The molecule has 0 saturated carbocycles. The number of nitrogens with zero attached hydrogens (tertiary/aromatic N) is 1. The van der Waals surface area contributed by atoms with Crippen molar-refractivity contribution >= 4 is 10.8 Å². The molecule has 9 heteroatoms. The van der Waals surface area contributed by atoms with Crippen molar-refractivity contribution in [3.8, 4) is 5.75 Å². The quantitative estimate of drug-likeness (QED) is 0.450. The first-order valence-electron chi connectivity index (χ1n) is 7.13. The molecule has 0 amide bonds. The van der Waals surface area contributed by atoms with E-state index in [0.717, 1.165) is 0 Å². The second kappa shape index (κ2) is 6.72. The molecular formula is C16H15F6NO2. The van der Waals surface area contributed by atoms with Crippen LogP contribution in [0.3, 0.4) is 0 Å². The fourth-order valence-electron chi connectivity index (χ4n) is 2.08. The Morgan fingerprint density at radius 2 is 1.64 bits per heavy atom. The smallest absolute Gasteiger partial charge is 0.394 e. The van der Waals surface area contributed by atoms with Gasteiger partial charge in [-0.25, -0.2) is 8.78 Å². The number of rotatable bonds is 7. The van der Waals surface area contributed by atoms with Crippen molar-refractivity contribution in [3.63, 3.8) is 0 Å². The van der Waals surface area contributed by atoms with Crippen LogP contribution in [-0.2, 0) is 0 Å². The van der Waals surface area contributed by atoms with Gasteiger partial charge in [0.15, 0.2) is 6.61 Å². The lowest BCUT2D eigenvalue weighted by Crippen LogP contribution is -2.62. The molecule has 138 valence electrons. The van der Waals surface area contributed by atoms with Gasteiger partial charge < -0.3 is 9.84 Å². The Balaban J connectivity index is 2.23. The molecule has 0 spiro atoms. The zero-order chi connectivity index (χ0) is 18.9. The highest BCUT2D eigenvalue weighted by Crippen LogP contribution is 2.40. The summed E-state index contributed by atoms with van der Waals surface area (Å²) in [5, 5.41) is 8.38. The molecule has 0 heterocycles. The third-order valence-electron chi connectivity index (χ3n) is 3.53. The van der Waals surface area contributed by atoms with E-state index < -0.39 is 36.1 Å². The van der Waals surface area contributed by atoms with Crippen LogP contribution in [-0.4, -0.2) is 41.2 Å². The molecule has 2 rings (SSSR count). The van der Waals surface area contributed by atoms with Crippen molar-refractivity contribution < 1.29 is 36.3 Å². The van der Waals surface area contributed by atoms with Crippen LogP contribution in [0.2, 0.25) is 0 Å². The summed E-state index contributed by atoms with van der Waals surface area (Å²) in [6.07, 6.45) is 0. The topological polar surface area (TPSA) is 32.7 Å². The van der Waals surface area contributed by atoms with E-state index in [4.69, 9.17) is 4.74 Å². The Labute approximate surface area is 139 Å². The predicted molar refractivity (Wildman–Crippen MR) is 78.9 cm³/mol. The third kappa shape index (κ3) is 3.67. The molecule has 0 aliphatic carbocycles. The van der Waals surface area contributed by atoms with Crippen molar-refractivity contribution in [2.75, 3.05) is 13.3 Å². The van der Waals surface area contributed by atoms with Gasteiger partial charge in [-0.05, 0) is 23.5 Å². The van der Waals surface area contributed by atoms with E-state index in [1.165, 1.54) is 12.1 Å². The Kier molecular flexibility index (Phi) is 5.19. The first-order valence-corrected chi connectivity index (χ1v) is 7.13. The summed E-state index contributed by atoms with van der Waals surface area (Å²) in [5.74, 6) is -8.51. The van der Waals surface area contributed by atoms with Crippen LogP contribution in [0.15, 0.2) is 42.5 Å². The Hall–Kier alpha value is -2.00. The van der Waals surface area contributed by atoms with Gasteiger partial charge in [-0.2, -0.15) is 13.2 Å². The predicted octanol–water partition coefficient (Wildman–Crippen LogP) is 4.31. The SMILES string of the molecule is CC(F)(CF)N(F)C(F)(F)C(O)(F)COc1cccc2ccccc12. The average Bonchev–Trinajstić information content (AvgIpc) is 2.59. The fourth-order valence-corrected chi connectivity index (χ4v) is 2.08. The summed E-state index contributed by atoms with van der Waals surface area (Å²) >= 11 is 0. The van der Waals surface area contributed by atoms with E-state index in [1.54, 1.807) is 30.3 Å². The Bertz CT molecular complexity index is 732. The van der Waals surface area contributed by atoms with Crippen LogP contribution in [0.4, 0.5) is 26.4 Å². The monoisotopic (exact) mass is 367 g/mol. The highest BCUT2D eigenvalue weighted by atomic mass is 19.3. The normalized spacial score (nSPS) is 17.3. The first-order chi connectivity index (χ1) is 11.5. The van der Waals surface area contributed by atoms with E-state index in [0.29, 0.717) is 10.8 Å². The van der Waals surface area contributed by atoms with E-state index in [9.17, 15) is 31.5 Å². The summed E-state index contributed by atoms with van der Waals surface area (Å²) in [4.78, 5) is 0. The van der Waals surface area contributed by atoms with Gasteiger partial charge in [-0.1, -0.05) is 36.4 Å². The molecule has 2 aromatic rings. The highest BCUT2D eigenvalue weighted by Gasteiger charge is 2.65. The summed E-state index contributed by atoms with van der Waals surface area (Å²) in [5.41, 5.74) is 0. The van der Waals surface area contributed by atoms with Gasteiger partial charge in [-0.3, -0.25) is 0 Å². The minimum absolute atomic E-state index is 0.0520. The number of hydrogen-bond donors (Lipinski definition) is 1.